The molecule has 154 valence electrons. The molecule has 4 N–H and O–H groups in total. The fraction of sp³-hybridized carbons (Fsp3) is 0.0526. The van der Waals surface area contributed by atoms with E-state index < -0.39 is 17.8 Å². The Morgan fingerprint density at radius 2 is 1.97 bits per heavy atom. The van der Waals surface area contributed by atoms with Gasteiger partial charge in [0.25, 0.3) is 16.4 Å². The van der Waals surface area contributed by atoms with Crippen LogP contribution in [0.3, 0.4) is 0 Å². The Hall–Kier alpha value is -2.75. The van der Waals surface area contributed by atoms with Crippen LogP contribution in [0.2, 0.25) is 10.0 Å². The normalized spacial score (nSPS) is 11.8. The van der Waals surface area contributed by atoms with Gasteiger partial charge in [0.1, 0.15) is 10.6 Å². The van der Waals surface area contributed by atoms with E-state index in [2.05, 4.69) is 10.3 Å². The number of H-pyrrole nitrogens is 1. The summed E-state index contributed by atoms with van der Waals surface area (Å²) in [5.74, 6) is -0.445. The van der Waals surface area contributed by atoms with E-state index in [0.717, 1.165) is 17.4 Å². The third-order valence-corrected chi connectivity index (χ3v) is 6.19. The quantitative estimate of drug-likeness (QED) is 0.375. The van der Waals surface area contributed by atoms with E-state index in [1.807, 2.05) is 0 Å². The predicted octanol–water partition coefficient (Wildman–Crippen LogP) is 6.14. The van der Waals surface area contributed by atoms with Gasteiger partial charge in [0.2, 0.25) is 0 Å². The van der Waals surface area contributed by atoms with Crippen LogP contribution < -0.4 is 16.0 Å². The molecule has 1 amide bonds. The number of benzene rings is 1. The van der Waals surface area contributed by atoms with E-state index in [9.17, 15) is 18.0 Å². The van der Waals surface area contributed by atoms with Crippen molar-refractivity contribution in [2.75, 3.05) is 11.1 Å². The molecular formula is C19H11Cl2F3N3O2S+. The number of fused-ring (bicyclic) bond motifs is 1. The molecule has 4 rings (SSSR count). The topological polar surface area (TPSA) is 82.4 Å². The fourth-order valence-electron chi connectivity index (χ4n) is 2.90. The number of furan rings is 1. The summed E-state index contributed by atoms with van der Waals surface area (Å²) in [6, 6.07) is 8.64. The van der Waals surface area contributed by atoms with Crippen LogP contribution in [-0.4, -0.2) is 5.91 Å². The van der Waals surface area contributed by atoms with E-state index in [4.69, 9.17) is 33.4 Å². The summed E-state index contributed by atoms with van der Waals surface area (Å²) >= 11 is 12.8. The monoisotopic (exact) mass is 472 g/mol. The average Bonchev–Trinajstić information content (AvgIpc) is 3.32. The van der Waals surface area contributed by atoms with Crippen molar-refractivity contribution >= 4 is 62.0 Å². The van der Waals surface area contributed by atoms with Crippen LogP contribution in [0.5, 0.6) is 0 Å². The molecule has 0 unspecified atom stereocenters. The lowest BCUT2D eigenvalue weighted by Crippen LogP contribution is -2.21. The molecule has 0 aliphatic heterocycles. The van der Waals surface area contributed by atoms with Gasteiger partial charge in [0, 0.05) is 11.6 Å². The molecule has 0 atom stereocenters. The first kappa shape index (κ1) is 20.5. The number of alkyl halides is 3. The average molecular weight is 473 g/mol. The van der Waals surface area contributed by atoms with Gasteiger partial charge in [-0.05, 0) is 24.3 Å². The molecule has 11 heteroatoms. The number of aromatic nitrogens is 1. The van der Waals surface area contributed by atoms with E-state index in [-0.39, 0.29) is 47.8 Å². The number of hydrogen-bond acceptors (Lipinski definition) is 4. The molecule has 0 saturated carbocycles. The number of aromatic amines is 1. The predicted molar refractivity (Wildman–Crippen MR) is 110 cm³/mol. The fourth-order valence-corrected chi connectivity index (χ4v) is 4.29. The number of anilines is 2. The lowest BCUT2D eigenvalue weighted by Gasteiger charge is -2.07. The smallest absolute Gasteiger partial charge is 0.464 e. The Labute approximate surface area is 181 Å². The molecule has 30 heavy (non-hydrogen) atoms. The standard InChI is InChI=1S/C19H10Cl2F3N3O2S/c20-9-3-1-4-10(14(9)21)26-17(28)16-15(25)13-8(11-5-2-6-29-11)7-12(19(22,23)24)27-18(13)30-16/h1-7H,25H2,(H,26,28)/p+1. The molecule has 0 aliphatic carbocycles. The van der Waals surface area contributed by atoms with Crippen LogP contribution in [0.15, 0.2) is 47.1 Å². The highest BCUT2D eigenvalue weighted by Crippen LogP contribution is 2.41. The van der Waals surface area contributed by atoms with Gasteiger partial charge in [-0.2, -0.15) is 18.2 Å². The number of hydrogen-bond donors (Lipinski definition) is 2. The number of thiophene rings is 1. The Morgan fingerprint density at radius 1 is 1.20 bits per heavy atom. The zero-order valence-corrected chi connectivity index (χ0v) is 17.1. The second-order valence-electron chi connectivity index (χ2n) is 6.18. The van der Waals surface area contributed by atoms with Gasteiger partial charge in [-0.25, -0.2) is 0 Å². The second-order valence-corrected chi connectivity index (χ2v) is 7.98. The minimum atomic E-state index is -4.63. The van der Waals surface area contributed by atoms with Gasteiger partial charge in [-0.15, -0.1) is 0 Å². The zero-order valence-electron chi connectivity index (χ0n) is 14.7. The lowest BCUT2D eigenvalue weighted by atomic mass is 10.1. The minimum absolute atomic E-state index is 0.0158. The lowest BCUT2D eigenvalue weighted by molar-refractivity contribution is -0.396. The van der Waals surface area contributed by atoms with E-state index >= 15 is 0 Å². The summed E-state index contributed by atoms with van der Waals surface area (Å²) in [7, 11) is 0. The van der Waals surface area contributed by atoms with Gasteiger partial charge in [0.05, 0.1) is 33.1 Å². The summed E-state index contributed by atoms with van der Waals surface area (Å²) in [5.41, 5.74) is 5.57. The zero-order chi connectivity index (χ0) is 21.6. The molecule has 0 spiro atoms. The number of carbonyl (C=O) groups is 1. The first-order chi connectivity index (χ1) is 14.2. The molecular weight excluding hydrogens is 462 g/mol. The number of nitrogens with two attached hydrogens (primary N) is 1. The number of rotatable bonds is 3. The van der Waals surface area contributed by atoms with E-state index in [0.29, 0.717) is 0 Å². The molecule has 5 nitrogen and oxygen atoms in total. The Morgan fingerprint density at radius 3 is 2.63 bits per heavy atom. The maximum Gasteiger partial charge on any atom is 0.477 e. The van der Waals surface area contributed by atoms with Crippen LogP contribution in [0, 0.1) is 0 Å². The number of pyridine rings is 1. The van der Waals surface area contributed by atoms with Crippen molar-refractivity contribution in [3.05, 3.63) is 63.3 Å². The van der Waals surface area contributed by atoms with Crippen LogP contribution in [0.4, 0.5) is 24.5 Å². The maximum absolute atomic E-state index is 13.4. The highest BCUT2D eigenvalue weighted by atomic mass is 35.5. The molecule has 0 radical (unpaired) electrons. The van der Waals surface area contributed by atoms with Crippen LogP contribution in [0.1, 0.15) is 15.4 Å². The number of amides is 1. The van der Waals surface area contributed by atoms with Crippen LogP contribution in [-0.2, 0) is 6.18 Å². The highest BCUT2D eigenvalue weighted by molar-refractivity contribution is 7.21. The number of carbonyl (C=O) groups excluding carboxylic acids is 1. The number of nitrogen functional groups attached to an aromatic ring is 1. The van der Waals surface area contributed by atoms with Crippen molar-refractivity contribution in [2.45, 2.75) is 6.18 Å². The molecule has 0 aliphatic rings. The SMILES string of the molecule is Nc1c(C(=O)Nc2cccc(Cl)c2Cl)sc2[nH+]c(C(F)(F)F)cc(-c3ccco3)c12. The minimum Gasteiger partial charge on any atom is -0.464 e. The number of nitrogens with one attached hydrogen (secondary N) is 2. The molecule has 4 aromatic rings. The van der Waals surface area contributed by atoms with Crippen molar-refractivity contribution in [3.8, 4) is 11.3 Å². The molecule has 0 saturated heterocycles. The molecule has 3 aromatic heterocycles. The molecule has 0 bridgehead atoms. The summed E-state index contributed by atoms with van der Waals surface area (Å²) < 4.78 is 45.4. The van der Waals surface area contributed by atoms with Crippen molar-refractivity contribution in [2.24, 2.45) is 0 Å². The van der Waals surface area contributed by atoms with Crippen molar-refractivity contribution in [1.82, 2.24) is 0 Å². The van der Waals surface area contributed by atoms with Gasteiger partial charge in [0.15, 0.2) is 0 Å². The molecule has 0 fully saturated rings. The van der Waals surface area contributed by atoms with Gasteiger partial charge < -0.3 is 15.5 Å². The molecule has 3 heterocycles. The second kappa shape index (κ2) is 7.50. The summed E-state index contributed by atoms with van der Waals surface area (Å²) in [6.07, 6.45) is -3.30. The van der Waals surface area contributed by atoms with E-state index in [1.54, 1.807) is 18.2 Å². The first-order valence-corrected chi connectivity index (χ1v) is 9.88. The Kier molecular flexibility index (Phi) is 5.13. The molecule has 1 aromatic carbocycles. The van der Waals surface area contributed by atoms with E-state index in [1.165, 1.54) is 18.4 Å². The maximum atomic E-state index is 13.4. The van der Waals surface area contributed by atoms with Gasteiger partial charge in [-0.3, -0.25) is 4.79 Å². The van der Waals surface area contributed by atoms with Crippen molar-refractivity contribution in [1.29, 1.82) is 0 Å². The summed E-state index contributed by atoms with van der Waals surface area (Å²) in [4.78, 5) is 15.2. The Balaban J connectivity index is 1.86. The van der Waals surface area contributed by atoms with Crippen molar-refractivity contribution in [3.63, 3.8) is 0 Å². The number of halogens is 5. The summed E-state index contributed by atoms with van der Waals surface area (Å²) in [6.45, 7) is 0. The summed E-state index contributed by atoms with van der Waals surface area (Å²) in [5, 5.41) is 3.21. The third-order valence-electron chi connectivity index (χ3n) is 4.25. The highest BCUT2D eigenvalue weighted by Gasteiger charge is 2.40. The first-order valence-electron chi connectivity index (χ1n) is 8.31. The van der Waals surface area contributed by atoms with Crippen LogP contribution in [0.25, 0.3) is 21.5 Å². The van der Waals surface area contributed by atoms with Crippen molar-refractivity contribution < 1.29 is 27.4 Å². The van der Waals surface area contributed by atoms with Gasteiger partial charge in [-0.1, -0.05) is 40.6 Å². The Bertz CT molecular complexity index is 1270. The van der Waals surface area contributed by atoms with Gasteiger partial charge >= 0.3 is 6.18 Å². The van der Waals surface area contributed by atoms with Crippen LogP contribution >= 0.6 is 34.5 Å². The third kappa shape index (κ3) is 3.60. The largest absolute Gasteiger partial charge is 0.477 e.